The molecule has 5 nitrogen and oxygen atoms in total. The number of thioether (sulfide) groups is 1. The predicted octanol–water partition coefficient (Wildman–Crippen LogP) is 2.15. The fourth-order valence-corrected chi connectivity index (χ4v) is 3.23. The molecule has 0 saturated heterocycles. The van der Waals surface area contributed by atoms with Crippen molar-refractivity contribution in [2.24, 2.45) is 0 Å². The average molecular weight is 268 g/mol. The third kappa shape index (κ3) is 2.80. The van der Waals surface area contributed by atoms with Gasteiger partial charge in [-0.05, 0) is 26.0 Å². The van der Waals surface area contributed by atoms with Gasteiger partial charge in [0, 0.05) is 11.3 Å². The maximum Gasteiger partial charge on any atom is 0.242 e. The van der Waals surface area contributed by atoms with Crippen molar-refractivity contribution in [3.63, 3.8) is 0 Å². The standard InChI is InChI=1S/C12H20N4OS/c1-3-17-12-10(13)11(14-7-15-12)16-8-5-4-6-9(8)18-2/h7-9H,3-6,13H2,1-2H3,(H,14,15,16). The summed E-state index contributed by atoms with van der Waals surface area (Å²) in [4.78, 5) is 8.26. The van der Waals surface area contributed by atoms with Crippen LogP contribution in [0.25, 0.3) is 0 Å². The highest BCUT2D eigenvalue weighted by molar-refractivity contribution is 7.99. The number of nitrogens with one attached hydrogen (secondary N) is 1. The van der Waals surface area contributed by atoms with E-state index in [9.17, 15) is 0 Å². The molecule has 1 aromatic rings. The van der Waals surface area contributed by atoms with Crippen molar-refractivity contribution in [2.45, 2.75) is 37.5 Å². The minimum Gasteiger partial charge on any atom is -0.476 e. The Kier molecular flexibility index (Phi) is 4.52. The van der Waals surface area contributed by atoms with Crippen LogP contribution >= 0.6 is 11.8 Å². The molecule has 1 aromatic heterocycles. The zero-order valence-corrected chi connectivity index (χ0v) is 11.7. The largest absolute Gasteiger partial charge is 0.476 e. The van der Waals surface area contributed by atoms with Gasteiger partial charge in [-0.2, -0.15) is 16.7 Å². The molecule has 6 heteroatoms. The number of aromatic nitrogens is 2. The van der Waals surface area contributed by atoms with Crippen molar-refractivity contribution in [3.05, 3.63) is 6.33 Å². The van der Waals surface area contributed by atoms with E-state index in [1.165, 1.54) is 25.6 Å². The first-order valence-corrected chi connectivity index (χ1v) is 7.57. The van der Waals surface area contributed by atoms with E-state index in [0.29, 0.717) is 35.3 Å². The van der Waals surface area contributed by atoms with Crippen molar-refractivity contribution in [1.29, 1.82) is 0 Å². The lowest BCUT2D eigenvalue weighted by molar-refractivity contribution is 0.328. The van der Waals surface area contributed by atoms with Crippen LogP contribution in [-0.4, -0.2) is 34.1 Å². The summed E-state index contributed by atoms with van der Waals surface area (Å²) in [6.07, 6.45) is 7.32. The molecule has 100 valence electrons. The second-order valence-electron chi connectivity index (χ2n) is 4.33. The molecule has 0 spiro atoms. The van der Waals surface area contributed by atoms with E-state index in [1.807, 2.05) is 18.7 Å². The van der Waals surface area contributed by atoms with Crippen LogP contribution in [0.15, 0.2) is 6.33 Å². The summed E-state index contributed by atoms with van der Waals surface area (Å²) < 4.78 is 5.37. The molecule has 1 aliphatic rings. The monoisotopic (exact) mass is 268 g/mol. The van der Waals surface area contributed by atoms with E-state index >= 15 is 0 Å². The minimum absolute atomic E-state index is 0.437. The molecule has 1 saturated carbocycles. The Hall–Kier alpha value is -1.17. The Labute approximate surface area is 112 Å². The Morgan fingerprint density at radius 3 is 3.06 bits per heavy atom. The lowest BCUT2D eigenvalue weighted by Crippen LogP contribution is -2.27. The van der Waals surface area contributed by atoms with Crippen molar-refractivity contribution >= 4 is 23.3 Å². The minimum atomic E-state index is 0.437. The van der Waals surface area contributed by atoms with Gasteiger partial charge in [0.15, 0.2) is 5.82 Å². The topological polar surface area (TPSA) is 73.1 Å². The van der Waals surface area contributed by atoms with Crippen LogP contribution < -0.4 is 15.8 Å². The number of ether oxygens (including phenoxy) is 1. The van der Waals surface area contributed by atoms with Crippen LogP contribution in [0, 0.1) is 0 Å². The van der Waals surface area contributed by atoms with Crippen LogP contribution in [-0.2, 0) is 0 Å². The molecule has 1 heterocycles. The lowest BCUT2D eigenvalue weighted by atomic mass is 10.2. The van der Waals surface area contributed by atoms with E-state index in [0.717, 1.165) is 0 Å². The van der Waals surface area contributed by atoms with Crippen molar-refractivity contribution in [1.82, 2.24) is 9.97 Å². The van der Waals surface area contributed by atoms with Gasteiger partial charge in [-0.25, -0.2) is 4.98 Å². The first kappa shape index (κ1) is 13.3. The molecule has 0 amide bonds. The second-order valence-corrected chi connectivity index (χ2v) is 5.41. The lowest BCUT2D eigenvalue weighted by Gasteiger charge is -2.20. The molecule has 0 aliphatic heterocycles. The third-order valence-electron chi connectivity index (χ3n) is 3.21. The van der Waals surface area contributed by atoms with Gasteiger partial charge in [-0.15, -0.1) is 0 Å². The maximum absolute atomic E-state index is 6.02. The molecule has 3 N–H and O–H groups in total. The zero-order chi connectivity index (χ0) is 13.0. The van der Waals surface area contributed by atoms with E-state index in [1.54, 1.807) is 0 Å². The fourth-order valence-electron chi connectivity index (χ4n) is 2.30. The van der Waals surface area contributed by atoms with E-state index in [-0.39, 0.29) is 0 Å². The Bertz CT molecular complexity index is 402. The second kappa shape index (κ2) is 6.13. The van der Waals surface area contributed by atoms with Gasteiger partial charge in [0.2, 0.25) is 5.88 Å². The third-order valence-corrected chi connectivity index (χ3v) is 4.38. The number of hydrogen-bond acceptors (Lipinski definition) is 6. The molecular weight excluding hydrogens is 248 g/mol. The van der Waals surface area contributed by atoms with Crippen LogP contribution in [0.5, 0.6) is 5.88 Å². The summed E-state index contributed by atoms with van der Waals surface area (Å²) in [5.41, 5.74) is 6.52. The number of rotatable bonds is 5. The molecule has 0 radical (unpaired) electrons. The first-order chi connectivity index (χ1) is 8.76. The summed E-state index contributed by atoms with van der Waals surface area (Å²) in [5, 5.41) is 4.07. The molecule has 1 fully saturated rings. The smallest absolute Gasteiger partial charge is 0.242 e. The van der Waals surface area contributed by atoms with Crippen LogP contribution in [0.4, 0.5) is 11.5 Å². The number of anilines is 2. The van der Waals surface area contributed by atoms with Crippen LogP contribution in [0.3, 0.4) is 0 Å². The molecule has 18 heavy (non-hydrogen) atoms. The number of nitrogens with zero attached hydrogens (tertiary/aromatic N) is 2. The highest BCUT2D eigenvalue weighted by Crippen LogP contribution is 2.33. The SMILES string of the molecule is CCOc1ncnc(NC2CCCC2SC)c1N. The summed E-state index contributed by atoms with van der Waals surface area (Å²) in [5.74, 6) is 1.16. The molecule has 1 aliphatic carbocycles. The predicted molar refractivity (Wildman–Crippen MR) is 76.2 cm³/mol. The van der Waals surface area contributed by atoms with E-state index < -0.39 is 0 Å². The first-order valence-electron chi connectivity index (χ1n) is 6.28. The highest BCUT2D eigenvalue weighted by atomic mass is 32.2. The van der Waals surface area contributed by atoms with Crippen molar-refractivity contribution in [3.8, 4) is 5.88 Å². The molecule has 0 aromatic carbocycles. The zero-order valence-electron chi connectivity index (χ0n) is 10.8. The van der Waals surface area contributed by atoms with Crippen molar-refractivity contribution in [2.75, 3.05) is 23.9 Å². The molecule has 0 bridgehead atoms. The Balaban J connectivity index is 2.11. The van der Waals surface area contributed by atoms with Gasteiger partial charge in [0.25, 0.3) is 0 Å². The molecule has 2 unspecified atom stereocenters. The van der Waals surface area contributed by atoms with E-state index in [4.69, 9.17) is 10.5 Å². The average Bonchev–Trinajstić information content (AvgIpc) is 2.82. The molecular formula is C12H20N4OS. The molecule has 2 atom stereocenters. The van der Waals surface area contributed by atoms with Crippen LogP contribution in [0.2, 0.25) is 0 Å². The summed E-state index contributed by atoms with van der Waals surface area (Å²) in [6.45, 7) is 2.47. The van der Waals surface area contributed by atoms with Gasteiger partial charge in [-0.3, -0.25) is 0 Å². The Morgan fingerprint density at radius 2 is 2.33 bits per heavy atom. The van der Waals surface area contributed by atoms with Gasteiger partial charge in [0.05, 0.1) is 6.61 Å². The number of nitrogens with two attached hydrogens (primary N) is 1. The van der Waals surface area contributed by atoms with E-state index in [2.05, 4.69) is 21.5 Å². The van der Waals surface area contributed by atoms with Gasteiger partial charge >= 0.3 is 0 Å². The Morgan fingerprint density at radius 1 is 1.50 bits per heavy atom. The summed E-state index contributed by atoms with van der Waals surface area (Å²) in [6, 6.07) is 0.437. The maximum atomic E-state index is 6.02. The summed E-state index contributed by atoms with van der Waals surface area (Å²) in [7, 11) is 0. The number of hydrogen-bond donors (Lipinski definition) is 2. The highest BCUT2D eigenvalue weighted by Gasteiger charge is 2.27. The van der Waals surface area contributed by atoms with Gasteiger partial charge in [0.1, 0.15) is 12.0 Å². The van der Waals surface area contributed by atoms with Crippen LogP contribution in [0.1, 0.15) is 26.2 Å². The quantitative estimate of drug-likeness (QED) is 0.852. The normalized spacial score (nSPS) is 23.0. The fraction of sp³-hybridized carbons (Fsp3) is 0.667. The number of nitrogen functional groups attached to an aromatic ring is 1. The van der Waals surface area contributed by atoms with Gasteiger partial charge < -0.3 is 15.8 Å². The summed E-state index contributed by atoms with van der Waals surface area (Å²) >= 11 is 1.90. The van der Waals surface area contributed by atoms with Crippen molar-refractivity contribution < 1.29 is 4.74 Å². The molecule has 2 rings (SSSR count). The van der Waals surface area contributed by atoms with Gasteiger partial charge in [-0.1, -0.05) is 6.42 Å².